The van der Waals surface area contributed by atoms with Crippen LogP contribution in [0, 0.1) is 16.4 Å². The van der Waals surface area contributed by atoms with E-state index in [-0.39, 0.29) is 5.52 Å². The third kappa shape index (κ3) is 2.59. The number of fused-ring (bicyclic) bond motifs is 1. The molecule has 0 unspecified atom stereocenters. The van der Waals surface area contributed by atoms with E-state index in [1.165, 1.54) is 6.07 Å². The van der Waals surface area contributed by atoms with Crippen molar-refractivity contribution in [2.24, 2.45) is 0 Å². The second-order valence-electron chi connectivity index (χ2n) is 3.91. The molecule has 1 aromatic heterocycles. The van der Waals surface area contributed by atoms with Crippen LogP contribution < -0.4 is 0 Å². The Morgan fingerprint density at radius 2 is 2.17 bits per heavy atom. The minimum Gasteiger partial charge on any atom is -0.382 e. The summed E-state index contributed by atoms with van der Waals surface area (Å²) in [6, 6.07) is 2.13. The van der Waals surface area contributed by atoms with Gasteiger partial charge < -0.3 is 14.3 Å². The lowest BCUT2D eigenvalue weighted by Gasteiger charge is -2.05. The van der Waals surface area contributed by atoms with E-state index in [2.05, 4.69) is 4.98 Å². The Morgan fingerprint density at radius 3 is 2.89 bits per heavy atom. The Hall–Kier alpha value is -1.27. The number of nitrogens with zero attached hydrogens (tertiary/aromatic N) is 1. The van der Waals surface area contributed by atoms with E-state index in [4.69, 9.17) is 17.0 Å². The first-order valence-electron chi connectivity index (χ1n) is 5.78. The smallest absolute Gasteiger partial charge is 0.178 e. The lowest BCUT2D eigenvalue weighted by atomic mass is 10.3. The van der Waals surface area contributed by atoms with Gasteiger partial charge in [-0.25, -0.2) is 8.78 Å². The van der Waals surface area contributed by atoms with Crippen LogP contribution in [0.2, 0.25) is 0 Å². The molecule has 0 aliphatic carbocycles. The van der Waals surface area contributed by atoms with Gasteiger partial charge in [-0.2, -0.15) is 0 Å². The van der Waals surface area contributed by atoms with E-state index in [0.29, 0.717) is 30.0 Å². The van der Waals surface area contributed by atoms with Gasteiger partial charge in [0, 0.05) is 25.8 Å². The molecule has 0 spiro atoms. The van der Waals surface area contributed by atoms with Gasteiger partial charge in [0.15, 0.2) is 10.6 Å². The number of halogens is 2. The fraction of sp³-hybridized carbons (Fsp3) is 0.417. The number of hydrogen-bond donors (Lipinski definition) is 1. The van der Waals surface area contributed by atoms with Crippen LogP contribution in [0.4, 0.5) is 8.78 Å². The number of imidazole rings is 1. The van der Waals surface area contributed by atoms with Crippen molar-refractivity contribution < 1.29 is 13.5 Å². The number of aromatic nitrogens is 2. The van der Waals surface area contributed by atoms with E-state index in [1.54, 1.807) is 4.57 Å². The van der Waals surface area contributed by atoms with Crippen LogP contribution in [0.5, 0.6) is 0 Å². The topological polar surface area (TPSA) is 29.9 Å². The lowest BCUT2D eigenvalue weighted by molar-refractivity contribution is 0.142. The molecule has 18 heavy (non-hydrogen) atoms. The number of H-pyrrole nitrogens is 1. The van der Waals surface area contributed by atoms with E-state index in [9.17, 15) is 8.78 Å². The van der Waals surface area contributed by atoms with Crippen molar-refractivity contribution in [3.8, 4) is 0 Å². The Kier molecular flexibility index (Phi) is 4.08. The Labute approximate surface area is 108 Å². The van der Waals surface area contributed by atoms with Crippen LogP contribution >= 0.6 is 12.2 Å². The van der Waals surface area contributed by atoms with Gasteiger partial charge in [-0.1, -0.05) is 0 Å². The van der Waals surface area contributed by atoms with Crippen molar-refractivity contribution in [3.05, 3.63) is 28.5 Å². The van der Waals surface area contributed by atoms with Gasteiger partial charge in [-0.3, -0.25) is 0 Å². The maximum Gasteiger partial charge on any atom is 0.178 e. The molecule has 0 amide bonds. The van der Waals surface area contributed by atoms with Crippen LogP contribution in [-0.2, 0) is 11.3 Å². The second-order valence-corrected chi connectivity index (χ2v) is 4.30. The first kappa shape index (κ1) is 13.2. The fourth-order valence-electron chi connectivity index (χ4n) is 1.87. The number of benzene rings is 1. The second kappa shape index (κ2) is 5.58. The van der Waals surface area contributed by atoms with Gasteiger partial charge in [0.25, 0.3) is 0 Å². The Morgan fingerprint density at radius 1 is 1.39 bits per heavy atom. The van der Waals surface area contributed by atoms with Crippen molar-refractivity contribution in [1.29, 1.82) is 0 Å². The Bertz CT molecular complexity index is 606. The zero-order chi connectivity index (χ0) is 13.1. The molecule has 0 saturated heterocycles. The van der Waals surface area contributed by atoms with Gasteiger partial charge in [-0.05, 0) is 31.6 Å². The maximum absolute atomic E-state index is 13.5. The van der Waals surface area contributed by atoms with Crippen LogP contribution in [0.15, 0.2) is 12.1 Å². The molecule has 0 aliphatic rings. The normalized spacial score (nSPS) is 11.3. The number of aryl methyl sites for hydroxylation is 1. The minimum atomic E-state index is -0.625. The molecule has 1 heterocycles. The average Bonchev–Trinajstić information content (AvgIpc) is 2.62. The number of aromatic amines is 1. The zero-order valence-electron chi connectivity index (χ0n) is 10.0. The SMILES string of the molecule is CCOCCCn1c(=S)[nH]c2c(F)cc(F)cc21. The molecule has 0 bridgehead atoms. The third-order valence-corrected chi connectivity index (χ3v) is 3.00. The molecule has 98 valence electrons. The quantitative estimate of drug-likeness (QED) is 0.668. The van der Waals surface area contributed by atoms with Crippen molar-refractivity contribution in [1.82, 2.24) is 9.55 Å². The maximum atomic E-state index is 13.5. The molecule has 6 heteroatoms. The third-order valence-electron chi connectivity index (χ3n) is 2.68. The van der Waals surface area contributed by atoms with E-state index < -0.39 is 11.6 Å². The number of rotatable bonds is 5. The summed E-state index contributed by atoms with van der Waals surface area (Å²) in [6.07, 6.45) is 0.743. The fourth-order valence-corrected chi connectivity index (χ4v) is 2.16. The van der Waals surface area contributed by atoms with Gasteiger partial charge in [0.05, 0.1) is 5.52 Å². The van der Waals surface area contributed by atoms with Crippen molar-refractivity contribution >= 4 is 23.3 Å². The predicted octanol–water partition coefficient (Wildman–Crippen LogP) is 3.40. The van der Waals surface area contributed by atoms with Gasteiger partial charge >= 0.3 is 0 Å². The van der Waals surface area contributed by atoms with Gasteiger partial charge in [0.1, 0.15) is 11.3 Å². The molecule has 0 radical (unpaired) electrons. The van der Waals surface area contributed by atoms with Crippen molar-refractivity contribution in [3.63, 3.8) is 0 Å². The zero-order valence-corrected chi connectivity index (χ0v) is 10.8. The van der Waals surface area contributed by atoms with E-state index in [0.717, 1.165) is 12.5 Å². The highest BCUT2D eigenvalue weighted by Gasteiger charge is 2.10. The first-order chi connectivity index (χ1) is 8.63. The lowest BCUT2D eigenvalue weighted by Crippen LogP contribution is -2.03. The molecule has 0 saturated carbocycles. The van der Waals surface area contributed by atoms with Gasteiger partial charge in [0.2, 0.25) is 0 Å². The molecule has 2 rings (SSSR count). The summed E-state index contributed by atoms with van der Waals surface area (Å²) in [5.41, 5.74) is 0.701. The molecule has 1 aromatic carbocycles. The van der Waals surface area contributed by atoms with E-state index in [1.807, 2.05) is 6.92 Å². The van der Waals surface area contributed by atoms with Crippen molar-refractivity contribution in [2.45, 2.75) is 19.9 Å². The monoisotopic (exact) mass is 272 g/mol. The van der Waals surface area contributed by atoms with Crippen LogP contribution in [-0.4, -0.2) is 22.8 Å². The molecule has 1 N–H and O–H groups in total. The number of hydrogen-bond acceptors (Lipinski definition) is 2. The predicted molar refractivity (Wildman–Crippen MR) is 68.1 cm³/mol. The average molecular weight is 272 g/mol. The van der Waals surface area contributed by atoms with Crippen molar-refractivity contribution in [2.75, 3.05) is 13.2 Å². The molecule has 2 aromatic rings. The highest BCUT2D eigenvalue weighted by molar-refractivity contribution is 7.71. The summed E-state index contributed by atoms with van der Waals surface area (Å²) in [5, 5.41) is 0. The molecule has 3 nitrogen and oxygen atoms in total. The first-order valence-corrected chi connectivity index (χ1v) is 6.19. The van der Waals surface area contributed by atoms with Gasteiger partial charge in [-0.15, -0.1) is 0 Å². The number of nitrogens with one attached hydrogen (secondary N) is 1. The highest BCUT2D eigenvalue weighted by atomic mass is 32.1. The van der Waals surface area contributed by atoms with Crippen LogP contribution in [0.1, 0.15) is 13.3 Å². The highest BCUT2D eigenvalue weighted by Crippen LogP contribution is 2.19. The number of ether oxygens (including phenoxy) is 1. The largest absolute Gasteiger partial charge is 0.382 e. The molecule has 0 fully saturated rings. The summed E-state index contributed by atoms with van der Waals surface area (Å²) >= 11 is 5.11. The summed E-state index contributed by atoms with van der Waals surface area (Å²) in [6.45, 7) is 3.75. The molecule has 0 aliphatic heterocycles. The Balaban J connectivity index is 2.32. The standard InChI is InChI=1S/C12H14F2N2OS/c1-2-17-5-3-4-16-10-7-8(13)6-9(14)11(10)15-12(16)18/h6-7H,2-5H2,1H3,(H,15,18). The minimum absolute atomic E-state index is 0.248. The van der Waals surface area contributed by atoms with Crippen LogP contribution in [0.25, 0.3) is 11.0 Å². The molecular formula is C12H14F2N2OS. The summed E-state index contributed by atoms with van der Waals surface area (Å²) in [5.74, 6) is -1.23. The summed E-state index contributed by atoms with van der Waals surface area (Å²) < 4.78 is 34.0. The molecular weight excluding hydrogens is 258 g/mol. The van der Waals surface area contributed by atoms with E-state index >= 15 is 0 Å². The van der Waals surface area contributed by atoms with Crippen LogP contribution in [0.3, 0.4) is 0 Å². The molecule has 0 atom stereocenters. The summed E-state index contributed by atoms with van der Waals surface area (Å²) in [7, 11) is 0. The summed E-state index contributed by atoms with van der Waals surface area (Å²) in [4.78, 5) is 2.76.